The number of hydrogen-bond acceptors (Lipinski definition) is 5. The van der Waals surface area contributed by atoms with Crippen LogP contribution in [0.5, 0.6) is 0 Å². The number of carbonyl (C=O) groups is 3. The van der Waals surface area contributed by atoms with Crippen molar-refractivity contribution in [3.8, 4) is 11.3 Å². The van der Waals surface area contributed by atoms with Crippen LogP contribution in [0.15, 0.2) is 34.7 Å². The molecule has 144 valence electrons. The molecule has 1 heterocycles. The molecule has 0 saturated carbocycles. The van der Waals surface area contributed by atoms with E-state index in [0.29, 0.717) is 16.3 Å². The third-order valence-corrected chi connectivity index (χ3v) is 4.15. The lowest BCUT2D eigenvalue weighted by Gasteiger charge is -2.13. The maximum Gasteiger partial charge on any atom is 0.375 e. The zero-order chi connectivity index (χ0) is 20.1. The summed E-state index contributed by atoms with van der Waals surface area (Å²) < 4.78 is 10.5. The Morgan fingerprint density at radius 3 is 2.44 bits per heavy atom. The lowest BCUT2D eigenvalue weighted by molar-refractivity contribution is -0.128. The van der Waals surface area contributed by atoms with Gasteiger partial charge in [-0.3, -0.25) is 10.1 Å². The molecule has 1 aromatic carbocycles. The molecular formula is C18H18Cl2N2O5. The van der Waals surface area contributed by atoms with Crippen LogP contribution < -0.4 is 10.6 Å². The molecule has 0 aliphatic rings. The Bertz CT molecular complexity index is 863. The van der Waals surface area contributed by atoms with Crippen molar-refractivity contribution in [1.82, 2.24) is 10.6 Å². The minimum absolute atomic E-state index is 0.118. The summed E-state index contributed by atoms with van der Waals surface area (Å²) >= 11 is 12.1. The second-order valence-corrected chi connectivity index (χ2v) is 6.72. The quantitative estimate of drug-likeness (QED) is 0.722. The van der Waals surface area contributed by atoms with E-state index in [0.717, 1.165) is 0 Å². The Balaban J connectivity index is 2.02. The van der Waals surface area contributed by atoms with Gasteiger partial charge < -0.3 is 14.5 Å². The smallest absolute Gasteiger partial charge is 0.375 e. The summed E-state index contributed by atoms with van der Waals surface area (Å²) in [5.41, 5.74) is 0.513. The second-order valence-electron chi connectivity index (χ2n) is 5.93. The lowest BCUT2D eigenvalue weighted by Crippen LogP contribution is -2.46. The molecule has 2 rings (SSSR count). The van der Waals surface area contributed by atoms with Gasteiger partial charge in [-0.15, -0.1) is 0 Å². The van der Waals surface area contributed by atoms with E-state index in [-0.39, 0.29) is 16.8 Å². The van der Waals surface area contributed by atoms with Crippen LogP contribution >= 0.6 is 23.2 Å². The molecule has 9 heteroatoms. The van der Waals surface area contributed by atoms with Gasteiger partial charge in [0.2, 0.25) is 5.76 Å². The van der Waals surface area contributed by atoms with Crippen molar-refractivity contribution < 1.29 is 23.5 Å². The van der Waals surface area contributed by atoms with Crippen molar-refractivity contribution in [2.45, 2.75) is 32.9 Å². The van der Waals surface area contributed by atoms with Crippen LogP contribution in [0.1, 0.15) is 31.3 Å². The van der Waals surface area contributed by atoms with Gasteiger partial charge in [0.15, 0.2) is 6.10 Å². The first-order valence-electron chi connectivity index (χ1n) is 8.05. The highest BCUT2D eigenvalue weighted by atomic mass is 35.5. The predicted octanol–water partition coefficient (Wildman–Crippen LogP) is 4.03. The molecule has 0 aliphatic carbocycles. The van der Waals surface area contributed by atoms with E-state index < -0.39 is 24.0 Å². The van der Waals surface area contributed by atoms with E-state index in [9.17, 15) is 14.4 Å². The van der Waals surface area contributed by atoms with Gasteiger partial charge in [-0.1, -0.05) is 29.3 Å². The molecule has 0 aliphatic heterocycles. The van der Waals surface area contributed by atoms with E-state index >= 15 is 0 Å². The van der Waals surface area contributed by atoms with Crippen molar-refractivity contribution >= 4 is 41.1 Å². The number of benzene rings is 1. The molecule has 27 heavy (non-hydrogen) atoms. The molecule has 0 bridgehead atoms. The van der Waals surface area contributed by atoms with Gasteiger partial charge in [-0.05, 0) is 45.0 Å². The van der Waals surface area contributed by atoms with Gasteiger partial charge in [0.1, 0.15) is 5.76 Å². The van der Waals surface area contributed by atoms with Gasteiger partial charge in [-0.2, -0.15) is 0 Å². The minimum atomic E-state index is -1.20. The first-order valence-corrected chi connectivity index (χ1v) is 8.81. The zero-order valence-corrected chi connectivity index (χ0v) is 16.4. The Morgan fingerprint density at radius 1 is 1.07 bits per heavy atom. The maximum atomic E-state index is 12.2. The number of rotatable bonds is 5. The highest BCUT2D eigenvalue weighted by molar-refractivity contribution is 6.43. The Kier molecular flexibility index (Phi) is 6.87. The summed E-state index contributed by atoms with van der Waals surface area (Å²) in [6, 6.07) is 7.12. The summed E-state index contributed by atoms with van der Waals surface area (Å²) in [6.45, 7) is 4.83. The Morgan fingerprint density at radius 2 is 1.78 bits per heavy atom. The van der Waals surface area contributed by atoms with Crippen molar-refractivity contribution in [3.05, 3.63) is 46.1 Å². The summed E-state index contributed by atoms with van der Waals surface area (Å²) in [4.78, 5) is 35.6. The van der Waals surface area contributed by atoms with Gasteiger partial charge in [0.25, 0.3) is 5.91 Å². The fraction of sp³-hybridized carbons (Fsp3) is 0.278. The van der Waals surface area contributed by atoms with Crippen LogP contribution in [0, 0.1) is 0 Å². The third-order valence-electron chi connectivity index (χ3n) is 3.33. The first-order chi connectivity index (χ1) is 12.7. The van der Waals surface area contributed by atoms with Crippen molar-refractivity contribution in [2.75, 3.05) is 0 Å². The Labute approximate surface area is 166 Å². The summed E-state index contributed by atoms with van der Waals surface area (Å²) in [7, 11) is 0. The SMILES string of the molecule is CC(C)NC(=O)NC(=O)[C@@H](C)OC(=O)c1ccc(-c2cccc(Cl)c2Cl)o1. The van der Waals surface area contributed by atoms with Crippen LogP contribution in [-0.4, -0.2) is 30.1 Å². The van der Waals surface area contributed by atoms with E-state index in [1.165, 1.54) is 19.1 Å². The number of ether oxygens (including phenoxy) is 1. The molecule has 1 aromatic heterocycles. The molecule has 0 spiro atoms. The number of halogens is 2. The molecule has 0 saturated heterocycles. The Hall–Kier alpha value is -2.51. The topological polar surface area (TPSA) is 97.6 Å². The van der Waals surface area contributed by atoms with Crippen LogP contribution in [0.4, 0.5) is 4.79 Å². The average Bonchev–Trinajstić information content (AvgIpc) is 3.06. The number of amides is 3. The van der Waals surface area contributed by atoms with Crippen LogP contribution in [0.25, 0.3) is 11.3 Å². The van der Waals surface area contributed by atoms with Gasteiger partial charge in [0, 0.05) is 11.6 Å². The van der Waals surface area contributed by atoms with E-state index in [2.05, 4.69) is 10.6 Å². The van der Waals surface area contributed by atoms with Crippen molar-refractivity contribution in [1.29, 1.82) is 0 Å². The number of hydrogen-bond donors (Lipinski definition) is 2. The number of esters is 1. The molecule has 0 unspecified atom stereocenters. The van der Waals surface area contributed by atoms with Crippen molar-refractivity contribution in [3.63, 3.8) is 0 Å². The molecule has 0 radical (unpaired) electrons. The number of carbonyl (C=O) groups excluding carboxylic acids is 3. The highest BCUT2D eigenvalue weighted by Gasteiger charge is 2.23. The molecular weight excluding hydrogens is 395 g/mol. The third kappa shape index (κ3) is 5.48. The van der Waals surface area contributed by atoms with E-state index in [1.54, 1.807) is 32.0 Å². The standard InChI is InChI=1S/C18H18Cl2N2O5/c1-9(2)21-18(25)22-16(23)10(3)26-17(24)14-8-7-13(27-14)11-5-4-6-12(19)15(11)20/h4-10H,1-3H3,(H2,21,22,23,25)/t10-/m1/s1. The minimum Gasteiger partial charge on any atom is -0.449 e. The largest absolute Gasteiger partial charge is 0.449 e. The van der Waals surface area contributed by atoms with Gasteiger partial charge in [0.05, 0.1) is 10.0 Å². The van der Waals surface area contributed by atoms with Gasteiger partial charge >= 0.3 is 12.0 Å². The molecule has 3 amide bonds. The predicted molar refractivity (Wildman–Crippen MR) is 101 cm³/mol. The number of furan rings is 1. The van der Waals surface area contributed by atoms with E-state index in [1.807, 2.05) is 0 Å². The van der Waals surface area contributed by atoms with Crippen molar-refractivity contribution in [2.24, 2.45) is 0 Å². The highest BCUT2D eigenvalue weighted by Crippen LogP contribution is 2.34. The van der Waals surface area contributed by atoms with E-state index in [4.69, 9.17) is 32.4 Å². The summed E-state index contributed by atoms with van der Waals surface area (Å²) in [5, 5.41) is 5.21. The van der Waals surface area contributed by atoms with Crippen LogP contribution in [0.3, 0.4) is 0 Å². The summed E-state index contributed by atoms with van der Waals surface area (Å²) in [6.07, 6.45) is -1.20. The maximum absolute atomic E-state index is 12.2. The van der Waals surface area contributed by atoms with Gasteiger partial charge in [-0.25, -0.2) is 9.59 Å². The fourth-order valence-corrected chi connectivity index (χ4v) is 2.46. The molecule has 7 nitrogen and oxygen atoms in total. The fourth-order valence-electron chi connectivity index (χ4n) is 2.07. The monoisotopic (exact) mass is 412 g/mol. The summed E-state index contributed by atoms with van der Waals surface area (Å²) in [5.74, 6) is -1.41. The van der Waals surface area contributed by atoms with Crippen LogP contribution in [-0.2, 0) is 9.53 Å². The molecule has 2 aromatic rings. The lowest BCUT2D eigenvalue weighted by atomic mass is 10.2. The molecule has 0 fully saturated rings. The zero-order valence-electron chi connectivity index (χ0n) is 14.8. The second kappa shape index (κ2) is 8.92. The molecule has 1 atom stereocenters. The number of imide groups is 1. The number of nitrogens with one attached hydrogen (secondary N) is 2. The van der Waals surface area contributed by atoms with Crippen LogP contribution in [0.2, 0.25) is 10.0 Å². The average molecular weight is 413 g/mol. The number of urea groups is 1. The normalized spacial score (nSPS) is 11.8. The molecule has 2 N–H and O–H groups in total. The first kappa shape index (κ1) is 20.8.